The Kier molecular flexibility index (Phi) is 4.77. The van der Waals surface area contributed by atoms with Gasteiger partial charge in [-0.05, 0) is 33.3 Å². The third kappa shape index (κ3) is 2.89. The van der Waals surface area contributed by atoms with Crippen molar-refractivity contribution < 1.29 is 8.42 Å². The van der Waals surface area contributed by atoms with Gasteiger partial charge in [-0.1, -0.05) is 29.8 Å². The van der Waals surface area contributed by atoms with Gasteiger partial charge in [-0.3, -0.25) is 4.68 Å². The lowest BCUT2D eigenvalue weighted by Crippen LogP contribution is -2.31. The van der Waals surface area contributed by atoms with Crippen LogP contribution in [0.2, 0.25) is 0 Å². The number of thioether (sulfide) groups is 1. The van der Waals surface area contributed by atoms with Crippen molar-refractivity contribution in [3.63, 3.8) is 0 Å². The Bertz CT molecular complexity index is 841. The fourth-order valence-corrected chi connectivity index (χ4v) is 6.79. The third-order valence-corrected chi connectivity index (χ3v) is 7.90. The van der Waals surface area contributed by atoms with E-state index in [0.29, 0.717) is 23.7 Å². The maximum Gasteiger partial charge on any atom is 0.248 e. The molecule has 1 aromatic carbocycles. The molecule has 0 N–H and O–H groups in total. The summed E-state index contributed by atoms with van der Waals surface area (Å²) >= 11 is 1.67. The molecule has 0 saturated carbocycles. The van der Waals surface area contributed by atoms with Gasteiger partial charge < -0.3 is 0 Å². The Morgan fingerprint density at radius 3 is 2.46 bits per heavy atom. The lowest BCUT2D eigenvalue weighted by atomic mass is 10.1. The largest absolute Gasteiger partial charge is 0.268 e. The van der Waals surface area contributed by atoms with Gasteiger partial charge >= 0.3 is 0 Å². The van der Waals surface area contributed by atoms with Gasteiger partial charge in [0.25, 0.3) is 0 Å². The molecule has 2 aromatic rings. The Morgan fingerprint density at radius 1 is 1.21 bits per heavy atom. The molecule has 0 radical (unpaired) electrons. The molecule has 1 saturated heterocycles. The summed E-state index contributed by atoms with van der Waals surface area (Å²) < 4.78 is 30.0. The predicted octanol–water partition coefficient (Wildman–Crippen LogP) is 3.26. The van der Waals surface area contributed by atoms with Gasteiger partial charge in [-0.15, -0.1) is 11.8 Å². The summed E-state index contributed by atoms with van der Waals surface area (Å²) in [6.07, 6.45) is 0. The van der Waals surface area contributed by atoms with Gasteiger partial charge in [0.15, 0.2) is 0 Å². The van der Waals surface area contributed by atoms with E-state index in [0.717, 1.165) is 17.0 Å². The zero-order valence-corrected chi connectivity index (χ0v) is 16.1. The summed E-state index contributed by atoms with van der Waals surface area (Å²) in [6, 6.07) is 8.11. The number of sulfonamides is 1. The highest BCUT2D eigenvalue weighted by atomic mass is 32.2. The normalized spacial score (nSPS) is 19.1. The Balaban J connectivity index is 2.03. The molecule has 24 heavy (non-hydrogen) atoms. The van der Waals surface area contributed by atoms with Crippen LogP contribution in [0.1, 0.15) is 34.8 Å². The monoisotopic (exact) mass is 365 g/mol. The molecule has 0 spiro atoms. The number of nitrogens with zero attached hydrogens (tertiary/aromatic N) is 3. The molecule has 0 bridgehead atoms. The minimum absolute atomic E-state index is 0.167. The first-order valence-electron chi connectivity index (χ1n) is 8.10. The minimum Gasteiger partial charge on any atom is -0.268 e. The van der Waals surface area contributed by atoms with E-state index in [1.165, 1.54) is 5.56 Å². The molecule has 2 heterocycles. The summed E-state index contributed by atoms with van der Waals surface area (Å²) in [7, 11) is -3.57. The number of hydrogen-bond donors (Lipinski definition) is 0. The van der Waals surface area contributed by atoms with E-state index in [9.17, 15) is 8.42 Å². The Morgan fingerprint density at radius 2 is 1.88 bits per heavy atom. The van der Waals surface area contributed by atoms with Gasteiger partial charge in [0, 0.05) is 18.8 Å². The van der Waals surface area contributed by atoms with E-state index in [2.05, 4.69) is 5.10 Å². The van der Waals surface area contributed by atoms with Crippen molar-refractivity contribution in [2.75, 3.05) is 12.3 Å². The first-order valence-corrected chi connectivity index (χ1v) is 10.6. The second-order valence-electron chi connectivity index (χ2n) is 6.07. The van der Waals surface area contributed by atoms with Gasteiger partial charge in [0.05, 0.1) is 16.8 Å². The number of aromatic nitrogens is 2. The van der Waals surface area contributed by atoms with Gasteiger partial charge in [-0.25, -0.2) is 8.42 Å². The SMILES string of the molecule is CCn1nc(C)c(S(=O)(=O)N2CCSC2c2ccc(C)cc2)c1C. The van der Waals surface area contributed by atoms with Crippen LogP contribution >= 0.6 is 11.8 Å². The number of hydrogen-bond acceptors (Lipinski definition) is 4. The van der Waals surface area contributed by atoms with Crippen LogP contribution in [0.5, 0.6) is 0 Å². The van der Waals surface area contributed by atoms with Gasteiger partial charge in [0.2, 0.25) is 10.0 Å². The maximum absolute atomic E-state index is 13.3. The average Bonchev–Trinajstić information content (AvgIpc) is 3.13. The second kappa shape index (κ2) is 6.54. The van der Waals surface area contributed by atoms with Crippen LogP contribution in [0, 0.1) is 20.8 Å². The lowest BCUT2D eigenvalue weighted by molar-refractivity contribution is 0.433. The van der Waals surface area contributed by atoms with E-state index in [1.807, 2.05) is 45.0 Å². The first kappa shape index (κ1) is 17.5. The number of rotatable bonds is 4. The third-order valence-electron chi connectivity index (χ3n) is 4.39. The molecular weight excluding hydrogens is 342 g/mol. The van der Waals surface area contributed by atoms with E-state index in [4.69, 9.17) is 0 Å². The van der Waals surface area contributed by atoms with Gasteiger partial charge in [0.1, 0.15) is 4.90 Å². The second-order valence-corrected chi connectivity index (χ2v) is 9.08. The minimum atomic E-state index is -3.57. The van der Waals surface area contributed by atoms with Crippen molar-refractivity contribution >= 4 is 21.8 Å². The van der Waals surface area contributed by atoms with E-state index >= 15 is 0 Å². The van der Waals surface area contributed by atoms with E-state index in [-0.39, 0.29) is 5.37 Å². The summed E-state index contributed by atoms with van der Waals surface area (Å²) in [5.41, 5.74) is 3.50. The molecule has 7 heteroatoms. The van der Waals surface area contributed by atoms with E-state index < -0.39 is 10.0 Å². The van der Waals surface area contributed by atoms with Crippen molar-refractivity contribution in [1.82, 2.24) is 14.1 Å². The zero-order valence-electron chi connectivity index (χ0n) is 14.5. The molecule has 5 nitrogen and oxygen atoms in total. The fourth-order valence-electron chi connectivity index (χ4n) is 3.17. The van der Waals surface area contributed by atoms with Gasteiger partial charge in [-0.2, -0.15) is 9.40 Å². The van der Waals surface area contributed by atoms with Crippen LogP contribution in [-0.2, 0) is 16.6 Å². The number of aryl methyl sites for hydroxylation is 3. The highest BCUT2D eigenvalue weighted by Gasteiger charge is 2.39. The van der Waals surface area contributed by atoms with Crippen LogP contribution in [0.15, 0.2) is 29.2 Å². The molecule has 0 aliphatic carbocycles. The van der Waals surface area contributed by atoms with Crippen LogP contribution in [0.25, 0.3) is 0 Å². The molecule has 1 aliphatic rings. The summed E-state index contributed by atoms with van der Waals surface area (Å²) in [6.45, 7) is 8.80. The van der Waals surface area contributed by atoms with Crippen molar-refractivity contribution in [3.8, 4) is 0 Å². The number of benzene rings is 1. The van der Waals surface area contributed by atoms with Crippen LogP contribution in [0.4, 0.5) is 0 Å². The van der Waals surface area contributed by atoms with E-state index in [1.54, 1.807) is 27.7 Å². The van der Waals surface area contributed by atoms with Crippen molar-refractivity contribution in [3.05, 3.63) is 46.8 Å². The Labute approximate surface area is 148 Å². The molecule has 1 aliphatic heterocycles. The molecule has 130 valence electrons. The van der Waals surface area contributed by atoms with Crippen molar-refractivity contribution in [2.24, 2.45) is 0 Å². The predicted molar refractivity (Wildman–Crippen MR) is 97.6 cm³/mol. The fraction of sp³-hybridized carbons (Fsp3) is 0.471. The first-order chi connectivity index (χ1) is 11.4. The summed E-state index contributed by atoms with van der Waals surface area (Å²) in [5, 5.41) is 4.21. The topological polar surface area (TPSA) is 55.2 Å². The molecule has 3 rings (SSSR count). The molecule has 1 fully saturated rings. The molecule has 1 aromatic heterocycles. The highest BCUT2D eigenvalue weighted by molar-refractivity contribution is 8.01. The standard InChI is InChI=1S/C17H23N3O2S2/c1-5-19-14(4)16(13(3)18-19)24(21,22)20-10-11-23-17(20)15-8-6-12(2)7-9-15/h6-9,17H,5,10-11H2,1-4H3. The molecule has 0 amide bonds. The zero-order chi connectivity index (χ0) is 17.5. The summed E-state index contributed by atoms with van der Waals surface area (Å²) in [4.78, 5) is 0.365. The molecule has 1 unspecified atom stereocenters. The van der Waals surface area contributed by atoms with Crippen molar-refractivity contribution in [1.29, 1.82) is 0 Å². The average molecular weight is 366 g/mol. The van der Waals surface area contributed by atoms with Crippen molar-refractivity contribution in [2.45, 2.75) is 44.5 Å². The lowest BCUT2D eigenvalue weighted by Gasteiger charge is -2.24. The smallest absolute Gasteiger partial charge is 0.248 e. The Hall–Kier alpha value is -1.31. The quantitative estimate of drug-likeness (QED) is 0.834. The summed E-state index contributed by atoms with van der Waals surface area (Å²) in [5.74, 6) is 0.803. The molecule has 1 atom stereocenters. The van der Waals surface area contributed by atoms with Crippen LogP contribution in [-0.4, -0.2) is 34.8 Å². The van der Waals surface area contributed by atoms with Crippen LogP contribution < -0.4 is 0 Å². The van der Waals surface area contributed by atoms with Crippen LogP contribution in [0.3, 0.4) is 0 Å². The maximum atomic E-state index is 13.3. The molecular formula is C17H23N3O2S2. The highest BCUT2D eigenvalue weighted by Crippen LogP contribution is 2.42.